The molecule has 0 saturated carbocycles. The lowest BCUT2D eigenvalue weighted by molar-refractivity contribution is -0.137. The van der Waals surface area contributed by atoms with Gasteiger partial charge in [0.05, 0.1) is 27.7 Å². The molecule has 3 rings (SSSR count). The molecule has 21 heavy (non-hydrogen) atoms. The molecule has 2 heterocycles. The van der Waals surface area contributed by atoms with Crippen molar-refractivity contribution in [2.75, 3.05) is 5.32 Å². The highest BCUT2D eigenvalue weighted by Crippen LogP contribution is 2.34. The summed E-state index contributed by atoms with van der Waals surface area (Å²) in [6.45, 7) is 1.88. The Bertz CT molecular complexity index is 778. The summed E-state index contributed by atoms with van der Waals surface area (Å²) in [6, 6.07) is 7.25. The zero-order chi connectivity index (χ0) is 15.0. The van der Waals surface area contributed by atoms with Crippen LogP contribution in [0.2, 0.25) is 0 Å². The maximum absolute atomic E-state index is 12.7. The highest BCUT2D eigenvalue weighted by atomic mass is 32.1. The van der Waals surface area contributed by atoms with E-state index in [1.54, 1.807) is 6.20 Å². The lowest BCUT2D eigenvalue weighted by Crippen LogP contribution is -2.03. The van der Waals surface area contributed by atoms with E-state index >= 15 is 0 Å². The van der Waals surface area contributed by atoms with Gasteiger partial charge < -0.3 is 5.32 Å². The van der Waals surface area contributed by atoms with Crippen molar-refractivity contribution in [3.05, 3.63) is 47.8 Å². The minimum absolute atomic E-state index is 0.331. The van der Waals surface area contributed by atoms with Gasteiger partial charge in [-0.3, -0.25) is 4.98 Å². The number of anilines is 2. The van der Waals surface area contributed by atoms with Crippen LogP contribution in [0, 0.1) is 6.92 Å². The number of aromatic nitrogens is 2. The Balaban J connectivity index is 1.92. The molecule has 0 aliphatic carbocycles. The molecule has 1 aromatic carbocycles. The number of benzene rings is 1. The average molecular weight is 309 g/mol. The van der Waals surface area contributed by atoms with Crippen LogP contribution >= 0.6 is 11.3 Å². The van der Waals surface area contributed by atoms with E-state index in [9.17, 15) is 13.2 Å². The van der Waals surface area contributed by atoms with Crippen molar-refractivity contribution in [1.82, 2.24) is 9.97 Å². The van der Waals surface area contributed by atoms with Crippen LogP contribution in [0.25, 0.3) is 10.2 Å². The Hall–Kier alpha value is -2.15. The quantitative estimate of drug-likeness (QED) is 0.741. The van der Waals surface area contributed by atoms with Gasteiger partial charge >= 0.3 is 6.18 Å². The second kappa shape index (κ2) is 5.00. The molecular formula is C14H10F3N3S. The number of aryl methyl sites for hydroxylation is 1. The van der Waals surface area contributed by atoms with Crippen LogP contribution in [0.1, 0.15) is 11.3 Å². The molecule has 0 spiro atoms. The number of fused-ring (bicyclic) bond motifs is 1. The van der Waals surface area contributed by atoms with Gasteiger partial charge in [-0.15, -0.1) is 0 Å². The Morgan fingerprint density at radius 2 is 1.95 bits per heavy atom. The molecule has 7 heteroatoms. The number of alkyl halides is 3. The van der Waals surface area contributed by atoms with Crippen molar-refractivity contribution in [2.45, 2.75) is 13.1 Å². The van der Waals surface area contributed by atoms with Gasteiger partial charge in [-0.25, -0.2) is 4.98 Å². The molecule has 2 aromatic heterocycles. The smallest absolute Gasteiger partial charge is 0.330 e. The van der Waals surface area contributed by atoms with Crippen LogP contribution in [-0.2, 0) is 6.18 Å². The zero-order valence-corrected chi connectivity index (χ0v) is 11.7. The highest BCUT2D eigenvalue weighted by molar-refractivity contribution is 7.22. The first-order valence-electron chi connectivity index (χ1n) is 6.09. The molecule has 3 nitrogen and oxygen atoms in total. The minimum Gasteiger partial charge on any atom is -0.330 e. The molecule has 0 saturated heterocycles. The first-order valence-corrected chi connectivity index (χ1v) is 6.91. The second-order valence-corrected chi connectivity index (χ2v) is 5.54. The van der Waals surface area contributed by atoms with E-state index in [0.717, 1.165) is 23.5 Å². The summed E-state index contributed by atoms with van der Waals surface area (Å²) in [7, 11) is 0. The summed E-state index contributed by atoms with van der Waals surface area (Å²) in [4.78, 5) is 8.33. The summed E-state index contributed by atoms with van der Waals surface area (Å²) in [5.74, 6) is 0. The third-order valence-corrected chi connectivity index (χ3v) is 3.83. The largest absolute Gasteiger partial charge is 0.416 e. The molecular weight excluding hydrogens is 299 g/mol. The lowest BCUT2D eigenvalue weighted by atomic mass is 10.2. The van der Waals surface area contributed by atoms with Gasteiger partial charge in [0, 0.05) is 5.69 Å². The van der Waals surface area contributed by atoms with Gasteiger partial charge in [-0.2, -0.15) is 13.2 Å². The summed E-state index contributed by atoms with van der Waals surface area (Å²) in [6.07, 6.45) is -2.70. The Morgan fingerprint density at radius 1 is 1.14 bits per heavy atom. The van der Waals surface area contributed by atoms with Gasteiger partial charge in [-0.1, -0.05) is 11.3 Å². The number of thiazole rings is 1. The van der Waals surface area contributed by atoms with Crippen LogP contribution < -0.4 is 5.32 Å². The minimum atomic E-state index is -4.35. The Morgan fingerprint density at radius 3 is 2.62 bits per heavy atom. The maximum atomic E-state index is 12.7. The van der Waals surface area contributed by atoms with Crippen LogP contribution in [0.5, 0.6) is 0 Å². The Kier molecular flexibility index (Phi) is 3.29. The third kappa shape index (κ3) is 2.97. The Labute approximate surface area is 122 Å². The predicted octanol–water partition coefficient (Wildman–Crippen LogP) is 4.76. The predicted molar refractivity (Wildman–Crippen MR) is 76.9 cm³/mol. The van der Waals surface area contributed by atoms with Crippen LogP contribution in [-0.4, -0.2) is 9.97 Å². The zero-order valence-electron chi connectivity index (χ0n) is 10.9. The molecule has 0 unspecified atom stereocenters. The lowest BCUT2D eigenvalue weighted by Gasteiger charge is -2.04. The summed E-state index contributed by atoms with van der Waals surface area (Å²) >= 11 is 1.30. The molecule has 108 valence electrons. The van der Waals surface area contributed by atoms with Crippen molar-refractivity contribution in [1.29, 1.82) is 0 Å². The number of pyridine rings is 1. The monoisotopic (exact) mass is 309 g/mol. The van der Waals surface area contributed by atoms with Crippen molar-refractivity contribution >= 4 is 32.4 Å². The normalized spacial score (nSPS) is 11.8. The van der Waals surface area contributed by atoms with E-state index in [-0.39, 0.29) is 0 Å². The summed E-state index contributed by atoms with van der Waals surface area (Å²) in [5, 5.41) is 3.58. The number of halogens is 3. The van der Waals surface area contributed by atoms with E-state index in [1.807, 2.05) is 19.1 Å². The molecule has 0 radical (unpaired) electrons. The number of rotatable bonds is 2. The van der Waals surface area contributed by atoms with E-state index in [4.69, 9.17) is 0 Å². The SMILES string of the molecule is Cc1ccc(Nc2nc3cc(C(F)(F)F)ccc3s2)cn1. The standard InChI is InChI=1S/C14H10F3N3S/c1-8-2-4-10(7-18-8)19-13-20-11-6-9(14(15,16)17)3-5-12(11)21-13/h2-7H,1H3,(H,19,20). The highest BCUT2D eigenvalue weighted by Gasteiger charge is 2.30. The van der Waals surface area contributed by atoms with Gasteiger partial charge in [0.15, 0.2) is 5.13 Å². The fourth-order valence-electron chi connectivity index (χ4n) is 1.82. The third-order valence-electron chi connectivity index (χ3n) is 2.88. The average Bonchev–Trinajstić information content (AvgIpc) is 2.81. The summed E-state index contributed by atoms with van der Waals surface area (Å²) in [5.41, 5.74) is 1.27. The molecule has 1 N–H and O–H groups in total. The fraction of sp³-hybridized carbons (Fsp3) is 0.143. The number of hydrogen-bond donors (Lipinski definition) is 1. The van der Waals surface area contributed by atoms with Crippen molar-refractivity contribution < 1.29 is 13.2 Å². The number of hydrogen-bond acceptors (Lipinski definition) is 4. The van der Waals surface area contributed by atoms with E-state index in [2.05, 4.69) is 15.3 Å². The van der Waals surface area contributed by atoms with E-state index in [1.165, 1.54) is 17.4 Å². The van der Waals surface area contributed by atoms with Gasteiger partial charge in [0.1, 0.15) is 0 Å². The molecule has 0 atom stereocenters. The first kappa shape index (κ1) is 13.8. The summed E-state index contributed by atoms with van der Waals surface area (Å²) < 4.78 is 38.7. The van der Waals surface area contributed by atoms with Crippen LogP contribution in [0.3, 0.4) is 0 Å². The van der Waals surface area contributed by atoms with Crippen molar-refractivity contribution in [3.63, 3.8) is 0 Å². The molecule has 0 aliphatic heterocycles. The number of nitrogens with one attached hydrogen (secondary N) is 1. The van der Waals surface area contributed by atoms with Crippen LogP contribution in [0.4, 0.5) is 24.0 Å². The van der Waals surface area contributed by atoms with E-state index in [0.29, 0.717) is 15.3 Å². The van der Waals surface area contributed by atoms with Gasteiger partial charge in [0.25, 0.3) is 0 Å². The van der Waals surface area contributed by atoms with Crippen molar-refractivity contribution in [3.8, 4) is 0 Å². The molecule has 3 aromatic rings. The van der Waals surface area contributed by atoms with Gasteiger partial charge in [0.2, 0.25) is 0 Å². The number of nitrogens with zero attached hydrogens (tertiary/aromatic N) is 2. The molecule has 0 amide bonds. The fourth-order valence-corrected chi connectivity index (χ4v) is 2.69. The van der Waals surface area contributed by atoms with Crippen molar-refractivity contribution in [2.24, 2.45) is 0 Å². The first-order chi connectivity index (χ1) is 9.91. The van der Waals surface area contributed by atoms with Crippen LogP contribution in [0.15, 0.2) is 36.5 Å². The van der Waals surface area contributed by atoms with E-state index < -0.39 is 11.7 Å². The van der Waals surface area contributed by atoms with Gasteiger partial charge in [-0.05, 0) is 37.3 Å². The molecule has 0 bridgehead atoms. The second-order valence-electron chi connectivity index (χ2n) is 4.51. The molecule has 0 fully saturated rings. The maximum Gasteiger partial charge on any atom is 0.416 e. The molecule has 0 aliphatic rings. The topological polar surface area (TPSA) is 37.8 Å².